The molecule has 0 aliphatic carbocycles. The number of hydrogen-bond donors (Lipinski definition) is 3. The molecule has 0 saturated carbocycles. The maximum absolute atomic E-state index is 8.35. The third-order valence-corrected chi connectivity index (χ3v) is 3.51. The van der Waals surface area contributed by atoms with Crippen LogP contribution in [0.3, 0.4) is 0 Å². The van der Waals surface area contributed by atoms with Crippen molar-refractivity contribution in [2.24, 2.45) is 13.0 Å². The summed E-state index contributed by atoms with van der Waals surface area (Å²) in [5.41, 5.74) is 3.13. The van der Waals surface area contributed by atoms with Crippen molar-refractivity contribution in [2.45, 2.75) is 20.4 Å². The molecule has 0 radical (unpaired) electrons. The van der Waals surface area contributed by atoms with Crippen molar-refractivity contribution in [1.82, 2.24) is 14.8 Å². The second kappa shape index (κ2) is 6.79. The fourth-order valence-corrected chi connectivity index (χ4v) is 2.35. The standard InChI is InChI=1S/C15H21ClN6/c1-9(2)14(17)13-11(5-12(16)21-15(13)18-3)19-6-10-7-20-22(4)8-10/h5,7-9,17H,6H2,1-4H3,(H2,18,19,21). The molecule has 6 nitrogen and oxygen atoms in total. The molecule has 118 valence electrons. The number of aromatic nitrogens is 3. The summed E-state index contributed by atoms with van der Waals surface area (Å²) in [6.07, 6.45) is 3.75. The Morgan fingerprint density at radius 1 is 1.45 bits per heavy atom. The summed E-state index contributed by atoms with van der Waals surface area (Å²) in [5.74, 6) is 0.703. The number of anilines is 2. The molecular formula is C15H21ClN6. The van der Waals surface area contributed by atoms with Gasteiger partial charge in [0.25, 0.3) is 0 Å². The van der Waals surface area contributed by atoms with E-state index in [-0.39, 0.29) is 5.92 Å². The fourth-order valence-electron chi connectivity index (χ4n) is 2.16. The van der Waals surface area contributed by atoms with Gasteiger partial charge in [0.15, 0.2) is 0 Å². The van der Waals surface area contributed by atoms with Gasteiger partial charge in [-0.15, -0.1) is 0 Å². The van der Waals surface area contributed by atoms with Crippen LogP contribution in [0.25, 0.3) is 0 Å². The van der Waals surface area contributed by atoms with E-state index in [0.717, 1.165) is 16.8 Å². The molecule has 0 aliphatic heterocycles. The van der Waals surface area contributed by atoms with Crippen molar-refractivity contribution >= 4 is 28.8 Å². The van der Waals surface area contributed by atoms with Crippen molar-refractivity contribution in [3.8, 4) is 0 Å². The van der Waals surface area contributed by atoms with E-state index in [0.29, 0.717) is 23.2 Å². The van der Waals surface area contributed by atoms with Gasteiger partial charge < -0.3 is 16.0 Å². The minimum atomic E-state index is 0.0917. The first-order valence-corrected chi connectivity index (χ1v) is 7.48. The molecule has 0 fully saturated rings. The lowest BCUT2D eigenvalue weighted by Crippen LogP contribution is -2.15. The third-order valence-electron chi connectivity index (χ3n) is 3.31. The van der Waals surface area contributed by atoms with Crippen molar-refractivity contribution in [3.63, 3.8) is 0 Å². The molecule has 0 amide bonds. The fraction of sp³-hybridized carbons (Fsp3) is 0.400. The summed E-state index contributed by atoms with van der Waals surface area (Å²) >= 11 is 6.09. The van der Waals surface area contributed by atoms with Gasteiger partial charge in [-0.3, -0.25) is 4.68 Å². The molecule has 0 atom stereocenters. The van der Waals surface area contributed by atoms with Gasteiger partial charge in [-0.25, -0.2) is 4.98 Å². The highest BCUT2D eigenvalue weighted by Gasteiger charge is 2.18. The molecule has 3 N–H and O–H groups in total. The van der Waals surface area contributed by atoms with Gasteiger partial charge in [0.1, 0.15) is 11.0 Å². The number of pyridine rings is 1. The smallest absolute Gasteiger partial charge is 0.138 e. The molecule has 2 aromatic rings. The Kier molecular flexibility index (Phi) is 5.03. The minimum Gasteiger partial charge on any atom is -0.380 e. The number of rotatable bonds is 6. The van der Waals surface area contributed by atoms with Gasteiger partial charge in [0.05, 0.1) is 17.4 Å². The number of nitrogens with one attached hydrogen (secondary N) is 3. The van der Waals surface area contributed by atoms with Crippen LogP contribution in [-0.4, -0.2) is 27.5 Å². The lowest BCUT2D eigenvalue weighted by atomic mass is 9.99. The van der Waals surface area contributed by atoms with Crippen LogP contribution in [0.4, 0.5) is 11.5 Å². The predicted molar refractivity (Wildman–Crippen MR) is 91.0 cm³/mol. The lowest BCUT2D eigenvalue weighted by Gasteiger charge is -2.18. The van der Waals surface area contributed by atoms with E-state index in [2.05, 4.69) is 20.7 Å². The average Bonchev–Trinajstić information content (AvgIpc) is 2.89. The van der Waals surface area contributed by atoms with E-state index in [9.17, 15) is 0 Å². The molecule has 22 heavy (non-hydrogen) atoms. The van der Waals surface area contributed by atoms with Crippen molar-refractivity contribution in [2.75, 3.05) is 17.7 Å². The highest BCUT2D eigenvalue weighted by molar-refractivity contribution is 6.30. The molecule has 2 aromatic heterocycles. The molecule has 0 aromatic carbocycles. The maximum atomic E-state index is 8.35. The third kappa shape index (κ3) is 3.57. The van der Waals surface area contributed by atoms with Crippen molar-refractivity contribution in [1.29, 1.82) is 5.41 Å². The first kappa shape index (κ1) is 16.3. The van der Waals surface area contributed by atoms with Gasteiger partial charge in [-0.2, -0.15) is 5.10 Å². The molecule has 7 heteroatoms. The Hall–Kier alpha value is -2.08. The Bertz CT molecular complexity index is 677. The molecular weight excluding hydrogens is 300 g/mol. The number of halogens is 1. The van der Waals surface area contributed by atoms with Gasteiger partial charge in [0.2, 0.25) is 0 Å². The Labute approximate surface area is 135 Å². The summed E-state index contributed by atoms with van der Waals surface area (Å²) in [6.45, 7) is 4.58. The zero-order valence-electron chi connectivity index (χ0n) is 13.2. The van der Waals surface area contributed by atoms with Crippen LogP contribution in [-0.2, 0) is 13.6 Å². The normalized spacial score (nSPS) is 10.8. The van der Waals surface area contributed by atoms with Crippen LogP contribution in [0, 0.1) is 11.3 Å². The predicted octanol–water partition coefficient (Wildman–Crippen LogP) is 3.15. The Balaban J connectivity index is 2.35. The quantitative estimate of drug-likeness (QED) is 0.564. The van der Waals surface area contributed by atoms with E-state index in [1.54, 1.807) is 17.8 Å². The Morgan fingerprint density at radius 3 is 2.73 bits per heavy atom. The average molecular weight is 321 g/mol. The van der Waals surface area contributed by atoms with Gasteiger partial charge in [0, 0.05) is 38.1 Å². The molecule has 2 heterocycles. The largest absolute Gasteiger partial charge is 0.380 e. The van der Waals surface area contributed by atoms with E-state index in [4.69, 9.17) is 17.0 Å². The summed E-state index contributed by atoms with van der Waals surface area (Å²) in [4.78, 5) is 4.27. The number of aryl methyl sites for hydroxylation is 1. The maximum Gasteiger partial charge on any atom is 0.138 e. The van der Waals surface area contributed by atoms with Crippen LogP contribution in [0.15, 0.2) is 18.5 Å². The summed E-state index contributed by atoms with van der Waals surface area (Å²) < 4.78 is 1.76. The van der Waals surface area contributed by atoms with E-state index in [1.165, 1.54) is 0 Å². The van der Waals surface area contributed by atoms with Gasteiger partial charge in [-0.1, -0.05) is 25.4 Å². The van der Waals surface area contributed by atoms with Crippen molar-refractivity contribution in [3.05, 3.63) is 34.7 Å². The molecule has 0 spiro atoms. The number of nitrogens with zero attached hydrogens (tertiary/aromatic N) is 3. The van der Waals surface area contributed by atoms with E-state index >= 15 is 0 Å². The highest BCUT2D eigenvalue weighted by atomic mass is 35.5. The zero-order chi connectivity index (χ0) is 16.3. The van der Waals surface area contributed by atoms with Gasteiger partial charge >= 0.3 is 0 Å². The van der Waals surface area contributed by atoms with E-state index < -0.39 is 0 Å². The number of hydrogen-bond acceptors (Lipinski definition) is 5. The second-order valence-corrected chi connectivity index (χ2v) is 5.80. The van der Waals surface area contributed by atoms with Crippen LogP contribution < -0.4 is 10.6 Å². The summed E-state index contributed by atoms with van der Waals surface area (Å²) in [7, 11) is 3.66. The van der Waals surface area contributed by atoms with Crippen LogP contribution >= 0.6 is 11.6 Å². The summed E-state index contributed by atoms with van der Waals surface area (Å²) in [5, 5.41) is 19.2. The molecule has 0 unspecified atom stereocenters. The second-order valence-electron chi connectivity index (χ2n) is 5.41. The van der Waals surface area contributed by atoms with Crippen molar-refractivity contribution < 1.29 is 0 Å². The monoisotopic (exact) mass is 320 g/mol. The van der Waals surface area contributed by atoms with Crippen LogP contribution in [0.5, 0.6) is 0 Å². The van der Waals surface area contributed by atoms with Crippen LogP contribution in [0.1, 0.15) is 25.0 Å². The summed E-state index contributed by atoms with van der Waals surface area (Å²) in [6, 6.07) is 1.75. The molecule has 2 rings (SSSR count). The highest BCUT2D eigenvalue weighted by Crippen LogP contribution is 2.29. The SMILES string of the molecule is CNc1nc(Cl)cc(NCc2cnn(C)c2)c1C(=N)C(C)C. The minimum absolute atomic E-state index is 0.0917. The first-order valence-electron chi connectivity index (χ1n) is 7.10. The Morgan fingerprint density at radius 2 is 2.18 bits per heavy atom. The molecule has 0 bridgehead atoms. The topological polar surface area (TPSA) is 78.6 Å². The molecule has 0 saturated heterocycles. The first-order chi connectivity index (χ1) is 10.4. The molecule has 0 aliphatic rings. The lowest BCUT2D eigenvalue weighted by molar-refractivity contribution is 0.767. The van der Waals surface area contributed by atoms with Crippen LogP contribution in [0.2, 0.25) is 5.15 Å². The van der Waals surface area contributed by atoms with Gasteiger partial charge in [-0.05, 0) is 12.0 Å². The van der Waals surface area contributed by atoms with E-state index in [1.807, 2.05) is 33.3 Å². The zero-order valence-corrected chi connectivity index (χ0v) is 14.0.